The van der Waals surface area contributed by atoms with E-state index in [1.807, 2.05) is 30.3 Å². The van der Waals surface area contributed by atoms with Gasteiger partial charge in [-0.2, -0.15) is 10.0 Å². The molecule has 1 N–H and O–H groups in total. The zero-order valence-corrected chi connectivity index (χ0v) is 18.9. The van der Waals surface area contributed by atoms with Gasteiger partial charge in [0.15, 0.2) is 27.0 Å². The fourth-order valence-electron chi connectivity index (χ4n) is 3.32. The summed E-state index contributed by atoms with van der Waals surface area (Å²) in [6.07, 6.45) is 2.58. The highest BCUT2D eigenvalue weighted by Crippen LogP contribution is 2.33. The molecule has 1 amide bonds. The summed E-state index contributed by atoms with van der Waals surface area (Å²) < 4.78 is 11.5. The SMILES string of the molecule is COc1cccc2c(=O)c(C=C3C(=N)N4N=C(SCc5ccccc5)SC4=NC3=O)coc12. The smallest absolute Gasteiger partial charge is 0.283 e. The van der Waals surface area contributed by atoms with Crippen LogP contribution in [0.1, 0.15) is 11.1 Å². The van der Waals surface area contributed by atoms with Gasteiger partial charge in [0, 0.05) is 5.75 Å². The molecule has 0 bridgehead atoms. The van der Waals surface area contributed by atoms with Crippen molar-refractivity contribution in [1.82, 2.24) is 5.01 Å². The third kappa shape index (κ3) is 3.98. The van der Waals surface area contributed by atoms with Crippen LogP contribution in [0.25, 0.3) is 17.0 Å². The molecular formula is C23H16N4O4S2. The predicted octanol–water partition coefficient (Wildman–Crippen LogP) is 4.31. The molecule has 2 aliphatic rings. The van der Waals surface area contributed by atoms with Gasteiger partial charge in [-0.1, -0.05) is 48.2 Å². The maximum Gasteiger partial charge on any atom is 0.283 e. The number of hydrazone groups is 1. The van der Waals surface area contributed by atoms with E-state index in [0.717, 1.165) is 5.56 Å². The van der Waals surface area contributed by atoms with E-state index in [1.165, 1.54) is 48.0 Å². The monoisotopic (exact) mass is 476 g/mol. The molecule has 2 aromatic carbocycles. The first-order valence-electron chi connectivity index (χ1n) is 9.80. The van der Waals surface area contributed by atoms with E-state index >= 15 is 0 Å². The lowest BCUT2D eigenvalue weighted by Crippen LogP contribution is -2.35. The van der Waals surface area contributed by atoms with Crippen molar-refractivity contribution in [3.8, 4) is 5.75 Å². The van der Waals surface area contributed by atoms with Gasteiger partial charge in [0.2, 0.25) is 5.17 Å². The zero-order chi connectivity index (χ0) is 22.9. The lowest BCUT2D eigenvalue weighted by molar-refractivity contribution is -0.114. The van der Waals surface area contributed by atoms with Crippen molar-refractivity contribution in [3.63, 3.8) is 0 Å². The zero-order valence-electron chi connectivity index (χ0n) is 17.3. The molecule has 8 nitrogen and oxygen atoms in total. The van der Waals surface area contributed by atoms with E-state index in [4.69, 9.17) is 14.6 Å². The van der Waals surface area contributed by atoms with Crippen LogP contribution in [0.5, 0.6) is 5.75 Å². The molecule has 0 fully saturated rings. The van der Waals surface area contributed by atoms with Gasteiger partial charge < -0.3 is 9.15 Å². The van der Waals surface area contributed by atoms with E-state index in [0.29, 0.717) is 32.0 Å². The van der Waals surface area contributed by atoms with Crippen LogP contribution < -0.4 is 10.2 Å². The van der Waals surface area contributed by atoms with E-state index in [1.54, 1.807) is 18.2 Å². The average molecular weight is 477 g/mol. The molecule has 0 saturated heterocycles. The first-order valence-corrected chi connectivity index (χ1v) is 11.6. The van der Waals surface area contributed by atoms with Crippen molar-refractivity contribution in [1.29, 1.82) is 5.41 Å². The molecule has 5 rings (SSSR count). The average Bonchev–Trinajstić information content (AvgIpc) is 3.25. The second-order valence-corrected chi connectivity index (χ2v) is 9.20. The van der Waals surface area contributed by atoms with Gasteiger partial charge in [-0.3, -0.25) is 15.0 Å². The second-order valence-electron chi connectivity index (χ2n) is 7.02. The van der Waals surface area contributed by atoms with Crippen molar-refractivity contribution in [2.75, 3.05) is 7.11 Å². The highest BCUT2D eigenvalue weighted by molar-refractivity contribution is 8.45. The minimum atomic E-state index is -0.603. The lowest BCUT2D eigenvalue weighted by Gasteiger charge is -2.20. The first kappa shape index (κ1) is 21.2. The molecule has 3 heterocycles. The van der Waals surface area contributed by atoms with Crippen molar-refractivity contribution < 1.29 is 13.9 Å². The van der Waals surface area contributed by atoms with Crippen LogP contribution >= 0.6 is 23.5 Å². The van der Waals surface area contributed by atoms with Crippen molar-refractivity contribution in [3.05, 3.63) is 81.7 Å². The van der Waals surface area contributed by atoms with Gasteiger partial charge in [-0.05, 0) is 35.5 Å². The molecule has 0 atom stereocenters. The standard InChI is InChI=1S/C23H16N4O4S2/c1-30-17-9-5-8-15-18(28)14(11-31-19(15)17)10-16-20(24)27-22(25-21(16)29)33-23(26-27)32-12-13-6-3-2-4-7-13/h2-11,24H,12H2,1H3. The van der Waals surface area contributed by atoms with Crippen LogP contribution in [0.3, 0.4) is 0 Å². The van der Waals surface area contributed by atoms with Gasteiger partial charge in [-0.25, -0.2) is 0 Å². The number of carbonyl (C=O) groups is 1. The van der Waals surface area contributed by atoms with E-state index < -0.39 is 5.91 Å². The molecule has 0 aliphatic carbocycles. The maximum atomic E-state index is 13.0. The number of amidine groups is 2. The lowest BCUT2D eigenvalue weighted by atomic mass is 10.1. The second kappa shape index (κ2) is 8.72. The van der Waals surface area contributed by atoms with Crippen LogP contribution in [0.4, 0.5) is 0 Å². The summed E-state index contributed by atoms with van der Waals surface area (Å²) >= 11 is 2.75. The number of ether oxygens (including phenoxy) is 1. The van der Waals surface area contributed by atoms with Crippen LogP contribution in [0, 0.1) is 5.41 Å². The molecule has 0 radical (unpaired) electrons. The van der Waals surface area contributed by atoms with Crippen LogP contribution in [-0.2, 0) is 10.5 Å². The van der Waals surface area contributed by atoms with E-state index in [-0.39, 0.29) is 22.4 Å². The van der Waals surface area contributed by atoms with Gasteiger partial charge in [0.25, 0.3) is 5.91 Å². The Balaban J connectivity index is 1.43. The Labute approximate surface area is 196 Å². The molecule has 10 heteroatoms. The summed E-state index contributed by atoms with van der Waals surface area (Å²) in [5, 5.41) is 14.9. The Kier molecular flexibility index (Phi) is 5.61. The number of carbonyl (C=O) groups excluding carboxylic acids is 1. The molecule has 0 spiro atoms. The number of rotatable bonds is 4. The van der Waals surface area contributed by atoms with Gasteiger partial charge in [-0.15, -0.1) is 5.10 Å². The fourth-order valence-corrected chi connectivity index (χ4v) is 5.20. The molecule has 3 aromatic rings. The van der Waals surface area contributed by atoms with E-state index in [9.17, 15) is 9.59 Å². The number of hydrogen-bond donors (Lipinski definition) is 1. The minimum absolute atomic E-state index is 0.0352. The number of benzene rings is 2. The summed E-state index contributed by atoms with van der Waals surface area (Å²) in [6, 6.07) is 14.9. The minimum Gasteiger partial charge on any atom is -0.493 e. The molecule has 1 aromatic heterocycles. The maximum absolute atomic E-state index is 13.0. The number of thioether (sulfide) groups is 2. The summed E-state index contributed by atoms with van der Waals surface area (Å²) in [5.41, 5.74) is 1.22. The van der Waals surface area contributed by atoms with Crippen LogP contribution in [0.15, 0.2) is 79.7 Å². The van der Waals surface area contributed by atoms with Gasteiger partial charge in [0.05, 0.1) is 23.6 Å². The molecule has 0 saturated carbocycles. The molecule has 33 heavy (non-hydrogen) atoms. The van der Waals surface area contributed by atoms with Crippen LogP contribution in [0.2, 0.25) is 0 Å². The Morgan fingerprint density at radius 2 is 2.00 bits per heavy atom. The normalized spacial score (nSPS) is 16.8. The van der Waals surface area contributed by atoms with Crippen molar-refractivity contribution >= 4 is 61.9 Å². The Hall–Kier alpha value is -3.63. The van der Waals surface area contributed by atoms with Crippen molar-refractivity contribution in [2.24, 2.45) is 10.1 Å². The number of fused-ring (bicyclic) bond motifs is 2. The fraction of sp³-hybridized carbons (Fsp3) is 0.0870. The van der Waals surface area contributed by atoms with E-state index in [2.05, 4.69) is 10.1 Å². The molecule has 2 aliphatic heterocycles. The van der Waals surface area contributed by atoms with Crippen LogP contribution in [-0.4, -0.2) is 33.4 Å². The number of methoxy groups -OCH3 is 1. The van der Waals surface area contributed by atoms with Gasteiger partial charge >= 0.3 is 0 Å². The number of para-hydroxylation sites is 1. The number of aliphatic imine (C=N–C) groups is 1. The van der Waals surface area contributed by atoms with Crippen molar-refractivity contribution in [2.45, 2.75) is 5.75 Å². The Morgan fingerprint density at radius 1 is 1.18 bits per heavy atom. The summed E-state index contributed by atoms with van der Waals surface area (Å²) in [4.78, 5) is 29.7. The number of amides is 1. The third-order valence-corrected chi connectivity index (χ3v) is 7.06. The van der Waals surface area contributed by atoms with Gasteiger partial charge in [0.1, 0.15) is 6.26 Å². The predicted molar refractivity (Wildman–Crippen MR) is 132 cm³/mol. The molecular weight excluding hydrogens is 460 g/mol. The highest BCUT2D eigenvalue weighted by atomic mass is 32.2. The molecule has 0 unspecified atom stereocenters. The Morgan fingerprint density at radius 3 is 2.79 bits per heavy atom. The topological polar surface area (TPSA) is 108 Å². The summed E-state index contributed by atoms with van der Waals surface area (Å²) in [5.74, 6) is 0.397. The summed E-state index contributed by atoms with van der Waals surface area (Å²) in [6.45, 7) is 0. The highest BCUT2D eigenvalue weighted by Gasteiger charge is 2.36. The Bertz CT molecular complexity index is 1440. The molecule has 164 valence electrons. The number of nitrogens with zero attached hydrogens (tertiary/aromatic N) is 3. The third-order valence-electron chi connectivity index (χ3n) is 4.95. The quantitative estimate of drug-likeness (QED) is 0.559. The largest absolute Gasteiger partial charge is 0.493 e. The first-order chi connectivity index (χ1) is 16.0. The summed E-state index contributed by atoms with van der Waals surface area (Å²) in [7, 11) is 1.49. The number of hydrogen-bond acceptors (Lipinski definition) is 8. The number of nitrogens with one attached hydrogen (secondary N) is 1.